The number of aromatic nitrogens is 3. The van der Waals surface area contributed by atoms with Gasteiger partial charge in [-0.05, 0) is 63.3 Å². The van der Waals surface area contributed by atoms with E-state index in [9.17, 15) is 14.3 Å². The number of nitrogens with one attached hydrogen (secondary N) is 2. The zero-order valence-electron chi connectivity index (χ0n) is 15.8. The second-order valence-corrected chi connectivity index (χ2v) is 7.05. The quantitative estimate of drug-likeness (QED) is 0.605. The fourth-order valence-corrected chi connectivity index (χ4v) is 2.51. The molecule has 8 heteroatoms. The highest BCUT2D eigenvalue weighted by Gasteiger charge is 2.21. The van der Waals surface area contributed by atoms with Crippen LogP contribution in [0.15, 0.2) is 34.9 Å². The first-order valence-electron chi connectivity index (χ1n) is 8.68. The molecule has 146 valence electrons. The molecule has 0 fully saturated rings. The van der Waals surface area contributed by atoms with Gasteiger partial charge in [0.05, 0.1) is 17.8 Å². The molecule has 0 aliphatic carbocycles. The van der Waals surface area contributed by atoms with E-state index < -0.39 is 5.54 Å². The fourth-order valence-electron chi connectivity index (χ4n) is 2.51. The molecule has 0 aliphatic heterocycles. The van der Waals surface area contributed by atoms with Crippen molar-refractivity contribution in [2.24, 2.45) is 0 Å². The minimum atomic E-state index is -0.740. The van der Waals surface area contributed by atoms with Crippen LogP contribution in [0.5, 0.6) is 0 Å². The van der Waals surface area contributed by atoms with Crippen LogP contribution in [-0.4, -0.2) is 38.5 Å². The minimum absolute atomic E-state index is 0.186. The smallest absolute Gasteiger partial charge is 0.272 e. The second-order valence-electron chi connectivity index (χ2n) is 7.05. The van der Waals surface area contributed by atoms with Gasteiger partial charge in [-0.2, -0.15) is 5.10 Å². The van der Waals surface area contributed by atoms with Gasteiger partial charge in [0.1, 0.15) is 17.3 Å². The molecule has 0 saturated carbocycles. The molecule has 1 amide bonds. The van der Waals surface area contributed by atoms with Crippen LogP contribution in [-0.2, 0) is 0 Å². The Morgan fingerprint density at radius 3 is 2.71 bits per heavy atom. The minimum Gasteiger partial charge on any atom is -0.394 e. The van der Waals surface area contributed by atoms with Gasteiger partial charge in [0, 0.05) is 11.1 Å². The van der Waals surface area contributed by atoms with Crippen molar-refractivity contribution in [3.05, 3.63) is 58.9 Å². The van der Waals surface area contributed by atoms with Gasteiger partial charge in [0.15, 0.2) is 5.69 Å². The highest BCUT2D eigenvalue weighted by Crippen LogP contribution is 2.27. The number of aryl methyl sites for hydroxylation is 1. The van der Waals surface area contributed by atoms with Crippen LogP contribution in [0.1, 0.15) is 41.4 Å². The molecule has 28 heavy (non-hydrogen) atoms. The van der Waals surface area contributed by atoms with Crippen LogP contribution >= 0.6 is 0 Å². The average Bonchev–Trinajstić information content (AvgIpc) is 3.27. The van der Waals surface area contributed by atoms with E-state index in [-0.39, 0.29) is 24.0 Å². The number of hydrogen-bond donors (Lipinski definition) is 3. The summed E-state index contributed by atoms with van der Waals surface area (Å²) in [7, 11) is 0. The number of rotatable bonds is 6. The summed E-state index contributed by atoms with van der Waals surface area (Å²) in [5.41, 5.74) is 2.15. The zero-order chi connectivity index (χ0) is 20.3. The topological polar surface area (TPSA) is 104 Å². The van der Waals surface area contributed by atoms with Crippen molar-refractivity contribution in [1.82, 2.24) is 20.7 Å². The van der Waals surface area contributed by atoms with Crippen molar-refractivity contribution in [1.29, 1.82) is 0 Å². The standard InChI is InChI=1S/C20H21FN4O3/c1-12-16(18(25-28-12)13-4-6-14(21)7-5-13)9-8-15-10-17(24-23-15)19(27)22-20(2,3)11-26/h4-10,26H,11H2,1-3H3,(H,22,27)(H,23,24)/b9-8+. The van der Waals surface area contributed by atoms with Gasteiger partial charge >= 0.3 is 0 Å². The van der Waals surface area contributed by atoms with Gasteiger partial charge in [0.25, 0.3) is 5.91 Å². The lowest BCUT2D eigenvalue weighted by atomic mass is 10.1. The number of nitrogens with zero attached hydrogens (tertiary/aromatic N) is 2. The van der Waals surface area contributed by atoms with Crippen molar-refractivity contribution in [3.8, 4) is 11.3 Å². The lowest BCUT2D eigenvalue weighted by molar-refractivity contribution is 0.0864. The molecule has 2 aromatic heterocycles. The first-order chi connectivity index (χ1) is 13.3. The molecular formula is C20H21FN4O3. The Bertz CT molecular complexity index is 1000. The maximum absolute atomic E-state index is 13.2. The van der Waals surface area contributed by atoms with Crippen molar-refractivity contribution < 1.29 is 18.8 Å². The van der Waals surface area contributed by atoms with Crippen molar-refractivity contribution in [3.63, 3.8) is 0 Å². The fraction of sp³-hybridized carbons (Fsp3) is 0.250. The Morgan fingerprint density at radius 1 is 1.32 bits per heavy atom. The maximum atomic E-state index is 13.2. The van der Waals surface area contributed by atoms with Gasteiger partial charge in [0.2, 0.25) is 0 Å². The summed E-state index contributed by atoms with van der Waals surface area (Å²) in [6.45, 7) is 5.02. The third-order valence-corrected chi connectivity index (χ3v) is 4.13. The molecule has 0 radical (unpaired) electrons. The number of hydrogen-bond acceptors (Lipinski definition) is 5. The summed E-state index contributed by atoms with van der Waals surface area (Å²) in [5, 5.41) is 22.8. The molecule has 0 aliphatic rings. The normalized spacial score (nSPS) is 11.9. The van der Waals surface area contributed by atoms with Crippen molar-refractivity contribution in [2.75, 3.05) is 6.61 Å². The molecule has 0 atom stereocenters. The van der Waals surface area contributed by atoms with E-state index in [4.69, 9.17) is 4.52 Å². The Labute approximate surface area is 161 Å². The Kier molecular flexibility index (Phi) is 5.41. The summed E-state index contributed by atoms with van der Waals surface area (Å²) >= 11 is 0. The monoisotopic (exact) mass is 384 g/mol. The summed E-state index contributed by atoms with van der Waals surface area (Å²) < 4.78 is 18.4. The third kappa shape index (κ3) is 4.34. The SMILES string of the molecule is Cc1onc(-c2ccc(F)cc2)c1/C=C/c1cc(C(=O)NC(C)(C)CO)n[nH]1. The Balaban J connectivity index is 1.80. The van der Waals surface area contributed by atoms with Crippen LogP contribution in [0.2, 0.25) is 0 Å². The first-order valence-corrected chi connectivity index (χ1v) is 8.68. The second kappa shape index (κ2) is 7.77. The summed E-state index contributed by atoms with van der Waals surface area (Å²) in [5.74, 6) is -0.102. The van der Waals surface area contributed by atoms with Gasteiger partial charge in [-0.25, -0.2) is 4.39 Å². The summed E-state index contributed by atoms with van der Waals surface area (Å²) in [4.78, 5) is 12.2. The van der Waals surface area contributed by atoms with Crippen LogP contribution in [0.3, 0.4) is 0 Å². The van der Waals surface area contributed by atoms with Gasteiger partial charge in [-0.15, -0.1) is 0 Å². The first kappa shape index (κ1) is 19.5. The highest BCUT2D eigenvalue weighted by atomic mass is 19.1. The van der Waals surface area contributed by atoms with Crippen LogP contribution < -0.4 is 5.32 Å². The predicted octanol–water partition coefficient (Wildman–Crippen LogP) is 3.18. The number of H-pyrrole nitrogens is 1. The molecule has 3 N–H and O–H groups in total. The van der Waals surface area contributed by atoms with Crippen molar-refractivity contribution >= 4 is 18.1 Å². The molecule has 3 rings (SSSR count). The lowest BCUT2D eigenvalue weighted by Crippen LogP contribution is -2.46. The van der Waals surface area contributed by atoms with E-state index in [0.29, 0.717) is 17.1 Å². The molecule has 3 aromatic rings. The number of benzene rings is 1. The van der Waals surface area contributed by atoms with E-state index in [2.05, 4.69) is 20.7 Å². The van der Waals surface area contributed by atoms with Crippen LogP contribution in [0.4, 0.5) is 4.39 Å². The number of aliphatic hydroxyl groups is 1. The maximum Gasteiger partial charge on any atom is 0.272 e. The zero-order valence-corrected chi connectivity index (χ0v) is 15.8. The van der Waals surface area contributed by atoms with Gasteiger partial charge in [-0.1, -0.05) is 5.16 Å². The van der Waals surface area contributed by atoms with E-state index in [1.807, 2.05) is 0 Å². The highest BCUT2D eigenvalue weighted by molar-refractivity contribution is 5.93. The number of aliphatic hydroxyl groups excluding tert-OH is 1. The molecule has 0 unspecified atom stereocenters. The van der Waals surface area contributed by atoms with E-state index in [1.54, 1.807) is 51.1 Å². The molecular weight excluding hydrogens is 363 g/mol. The summed E-state index contributed by atoms with van der Waals surface area (Å²) in [6, 6.07) is 7.58. The third-order valence-electron chi connectivity index (χ3n) is 4.13. The van der Waals surface area contributed by atoms with Crippen molar-refractivity contribution in [2.45, 2.75) is 26.3 Å². The molecule has 7 nitrogen and oxygen atoms in total. The number of amides is 1. The number of aromatic amines is 1. The van der Waals surface area contributed by atoms with E-state index >= 15 is 0 Å². The van der Waals surface area contributed by atoms with E-state index in [1.165, 1.54) is 12.1 Å². The molecule has 0 saturated heterocycles. The predicted molar refractivity (Wildman–Crippen MR) is 103 cm³/mol. The lowest BCUT2D eigenvalue weighted by Gasteiger charge is -2.22. The molecule has 2 heterocycles. The van der Waals surface area contributed by atoms with Gasteiger partial charge < -0.3 is 14.9 Å². The van der Waals surface area contributed by atoms with Crippen LogP contribution in [0, 0.1) is 12.7 Å². The molecule has 1 aromatic carbocycles. The number of carbonyl (C=O) groups is 1. The Morgan fingerprint density at radius 2 is 2.04 bits per heavy atom. The average molecular weight is 384 g/mol. The van der Waals surface area contributed by atoms with E-state index in [0.717, 1.165) is 11.1 Å². The van der Waals surface area contributed by atoms with Crippen LogP contribution in [0.25, 0.3) is 23.4 Å². The molecule has 0 bridgehead atoms. The number of halogens is 1. The molecule has 0 spiro atoms. The number of carbonyl (C=O) groups excluding carboxylic acids is 1. The Hall–Kier alpha value is -3.26. The summed E-state index contributed by atoms with van der Waals surface area (Å²) in [6.07, 6.45) is 3.53. The van der Waals surface area contributed by atoms with Gasteiger partial charge in [-0.3, -0.25) is 9.89 Å². The largest absolute Gasteiger partial charge is 0.394 e.